The molecule has 0 radical (unpaired) electrons. The topological polar surface area (TPSA) is 44.4 Å². The zero-order chi connectivity index (χ0) is 13.4. The van der Waals surface area contributed by atoms with Crippen molar-refractivity contribution in [2.75, 3.05) is 38.1 Å². The lowest BCUT2D eigenvalue weighted by Crippen LogP contribution is -2.38. The fourth-order valence-corrected chi connectivity index (χ4v) is 1.85. The number of likely N-dealkylation sites (N-methyl/N-ethyl adjacent to an activating group) is 2. The zero-order valence-corrected chi connectivity index (χ0v) is 11.5. The van der Waals surface area contributed by atoms with Crippen molar-refractivity contribution < 1.29 is 4.79 Å². The molecular formula is C14H23N3O. The highest BCUT2D eigenvalue weighted by Gasteiger charge is 2.05. The van der Waals surface area contributed by atoms with Gasteiger partial charge in [0.25, 0.3) is 0 Å². The van der Waals surface area contributed by atoms with Crippen LogP contribution in [0.4, 0.5) is 5.69 Å². The molecule has 4 nitrogen and oxygen atoms in total. The lowest BCUT2D eigenvalue weighted by atomic mass is 10.2. The highest BCUT2D eigenvalue weighted by atomic mass is 16.1. The van der Waals surface area contributed by atoms with Gasteiger partial charge in [-0.05, 0) is 38.6 Å². The molecule has 0 saturated heterocycles. The van der Waals surface area contributed by atoms with Crippen molar-refractivity contribution >= 4 is 11.6 Å². The molecule has 0 fully saturated rings. The quantitative estimate of drug-likeness (QED) is 0.762. The summed E-state index contributed by atoms with van der Waals surface area (Å²) in [5.74, 6) is 0.0396. The number of aryl methyl sites for hydroxylation is 1. The van der Waals surface area contributed by atoms with Crippen molar-refractivity contribution in [1.29, 1.82) is 0 Å². The van der Waals surface area contributed by atoms with E-state index in [1.807, 2.05) is 0 Å². The third-order valence-electron chi connectivity index (χ3n) is 2.79. The second-order valence-electron chi connectivity index (χ2n) is 4.30. The summed E-state index contributed by atoms with van der Waals surface area (Å²) < 4.78 is 0. The zero-order valence-electron chi connectivity index (χ0n) is 11.5. The van der Waals surface area contributed by atoms with E-state index in [0.717, 1.165) is 13.1 Å². The molecule has 0 saturated carbocycles. The number of carbonyl (C=O) groups is 1. The molecule has 1 aromatic carbocycles. The van der Waals surface area contributed by atoms with E-state index in [1.165, 1.54) is 11.3 Å². The van der Waals surface area contributed by atoms with Gasteiger partial charge in [-0.2, -0.15) is 0 Å². The Balaban J connectivity index is 2.45. The number of nitrogens with zero attached hydrogens (tertiary/aromatic N) is 1. The van der Waals surface area contributed by atoms with Gasteiger partial charge < -0.3 is 15.5 Å². The molecular weight excluding hydrogens is 226 g/mol. The molecule has 1 rings (SSSR count). The van der Waals surface area contributed by atoms with Crippen LogP contribution in [0.3, 0.4) is 0 Å². The van der Waals surface area contributed by atoms with Crippen LogP contribution in [-0.2, 0) is 4.79 Å². The Labute approximate surface area is 109 Å². The van der Waals surface area contributed by atoms with Crippen LogP contribution in [0, 0.1) is 6.92 Å². The molecule has 18 heavy (non-hydrogen) atoms. The molecule has 0 bridgehead atoms. The minimum absolute atomic E-state index is 0.0396. The number of carbonyl (C=O) groups excluding carboxylic acids is 1. The molecule has 1 aromatic rings. The lowest BCUT2D eigenvalue weighted by Gasteiger charge is -2.23. The van der Waals surface area contributed by atoms with Gasteiger partial charge in [0.15, 0.2) is 0 Å². The molecule has 0 aliphatic carbocycles. The van der Waals surface area contributed by atoms with Gasteiger partial charge in [0, 0.05) is 25.3 Å². The second-order valence-corrected chi connectivity index (χ2v) is 4.30. The predicted molar refractivity (Wildman–Crippen MR) is 76.0 cm³/mol. The first-order valence-corrected chi connectivity index (χ1v) is 6.40. The fourth-order valence-electron chi connectivity index (χ4n) is 1.85. The van der Waals surface area contributed by atoms with Crippen molar-refractivity contribution in [2.45, 2.75) is 13.8 Å². The van der Waals surface area contributed by atoms with Gasteiger partial charge >= 0.3 is 0 Å². The lowest BCUT2D eigenvalue weighted by molar-refractivity contribution is -0.120. The van der Waals surface area contributed by atoms with Crippen LogP contribution in [0.25, 0.3) is 0 Å². The van der Waals surface area contributed by atoms with Crippen LogP contribution in [0.5, 0.6) is 0 Å². The first-order valence-electron chi connectivity index (χ1n) is 6.40. The van der Waals surface area contributed by atoms with Gasteiger partial charge in [-0.25, -0.2) is 0 Å². The molecule has 0 aliphatic heterocycles. The van der Waals surface area contributed by atoms with Crippen LogP contribution in [0.15, 0.2) is 24.3 Å². The molecule has 0 heterocycles. The molecule has 0 aliphatic rings. The molecule has 0 spiro atoms. The maximum Gasteiger partial charge on any atom is 0.234 e. The van der Waals surface area contributed by atoms with E-state index in [1.54, 1.807) is 7.05 Å². The predicted octanol–water partition coefficient (Wildman–Crippen LogP) is 1.16. The number of anilines is 1. The van der Waals surface area contributed by atoms with Gasteiger partial charge in [-0.1, -0.05) is 12.1 Å². The van der Waals surface area contributed by atoms with Crippen LogP contribution in [0.1, 0.15) is 12.5 Å². The summed E-state index contributed by atoms with van der Waals surface area (Å²) in [5.41, 5.74) is 2.46. The molecule has 2 N–H and O–H groups in total. The van der Waals surface area contributed by atoms with Crippen LogP contribution in [-0.4, -0.2) is 39.1 Å². The minimum Gasteiger partial charge on any atom is -0.370 e. The summed E-state index contributed by atoms with van der Waals surface area (Å²) in [6.07, 6.45) is 0. The van der Waals surface area contributed by atoms with E-state index < -0.39 is 0 Å². The Kier molecular flexibility index (Phi) is 6.22. The molecule has 100 valence electrons. The van der Waals surface area contributed by atoms with E-state index in [0.29, 0.717) is 13.1 Å². The van der Waals surface area contributed by atoms with Crippen molar-refractivity contribution in [3.63, 3.8) is 0 Å². The summed E-state index contributed by atoms with van der Waals surface area (Å²) in [7, 11) is 1.77. The monoisotopic (exact) mass is 249 g/mol. The van der Waals surface area contributed by atoms with Crippen molar-refractivity contribution in [2.24, 2.45) is 0 Å². The number of rotatable bonds is 7. The van der Waals surface area contributed by atoms with Gasteiger partial charge in [0.05, 0.1) is 6.54 Å². The number of benzene rings is 1. The average molecular weight is 249 g/mol. The normalized spacial score (nSPS) is 10.2. The maximum absolute atomic E-state index is 11.3. The second kappa shape index (κ2) is 7.71. The summed E-state index contributed by atoms with van der Waals surface area (Å²) in [6, 6.07) is 8.42. The average Bonchev–Trinajstić information content (AvgIpc) is 2.35. The van der Waals surface area contributed by atoms with Gasteiger partial charge in [0.1, 0.15) is 0 Å². The fraction of sp³-hybridized carbons (Fsp3) is 0.500. The van der Waals surface area contributed by atoms with Crippen LogP contribution < -0.4 is 15.5 Å². The summed E-state index contributed by atoms with van der Waals surface area (Å²) in [6.45, 7) is 7.02. The SMILES string of the molecule is CCN(CCNC(=O)CNC)c1cccc(C)c1. The van der Waals surface area contributed by atoms with Crippen molar-refractivity contribution in [1.82, 2.24) is 10.6 Å². The van der Waals surface area contributed by atoms with E-state index in [-0.39, 0.29) is 5.91 Å². The van der Waals surface area contributed by atoms with Gasteiger partial charge in [-0.15, -0.1) is 0 Å². The Morgan fingerprint density at radius 3 is 2.78 bits per heavy atom. The standard InChI is InChI=1S/C14H23N3O/c1-4-17(9-8-16-14(18)11-15-3)13-7-5-6-12(2)10-13/h5-7,10,15H,4,8-9,11H2,1-3H3,(H,16,18). The molecule has 4 heteroatoms. The summed E-state index contributed by atoms with van der Waals surface area (Å²) in [5, 5.41) is 5.72. The Bertz CT molecular complexity index is 379. The van der Waals surface area contributed by atoms with Crippen molar-refractivity contribution in [3.8, 4) is 0 Å². The Morgan fingerprint density at radius 1 is 1.39 bits per heavy atom. The number of amides is 1. The van der Waals surface area contributed by atoms with E-state index >= 15 is 0 Å². The number of nitrogens with one attached hydrogen (secondary N) is 2. The molecule has 0 unspecified atom stereocenters. The minimum atomic E-state index is 0.0396. The highest BCUT2D eigenvalue weighted by Crippen LogP contribution is 2.14. The van der Waals surface area contributed by atoms with Gasteiger partial charge in [0.2, 0.25) is 5.91 Å². The number of hydrogen-bond acceptors (Lipinski definition) is 3. The maximum atomic E-state index is 11.3. The van der Waals surface area contributed by atoms with Gasteiger partial charge in [-0.3, -0.25) is 4.79 Å². The van der Waals surface area contributed by atoms with E-state index in [4.69, 9.17) is 0 Å². The number of hydrogen-bond donors (Lipinski definition) is 2. The van der Waals surface area contributed by atoms with E-state index in [2.05, 4.69) is 53.6 Å². The van der Waals surface area contributed by atoms with Crippen LogP contribution >= 0.6 is 0 Å². The van der Waals surface area contributed by atoms with Crippen LogP contribution in [0.2, 0.25) is 0 Å². The van der Waals surface area contributed by atoms with E-state index in [9.17, 15) is 4.79 Å². The molecule has 1 amide bonds. The summed E-state index contributed by atoms with van der Waals surface area (Å²) >= 11 is 0. The third kappa shape index (κ3) is 4.75. The summed E-state index contributed by atoms with van der Waals surface area (Å²) in [4.78, 5) is 13.6. The van der Waals surface area contributed by atoms with Crippen molar-refractivity contribution in [3.05, 3.63) is 29.8 Å². The Hall–Kier alpha value is -1.55. The largest absolute Gasteiger partial charge is 0.370 e. The smallest absolute Gasteiger partial charge is 0.234 e. The molecule has 0 aromatic heterocycles. The first kappa shape index (κ1) is 14.5. The Morgan fingerprint density at radius 2 is 2.17 bits per heavy atom. The molecule has 0 atom stereocenters. The third-order valence-corrected chi connectivity index (χ3v) is 2.79. The highest BCUT2D eigenvalue weighted by molar-refractivity contribution is 5.77. The first-order chi connectivity index (χ1) is 8.67.